The van der Waals surface area contributed by atoms with E-state index < -0.39 is 12.0 Å². The number of aryl methyl sites for hydroxylation is 1. The van der Waals surface area contributed by atoms with Crippen LogP contribution in [0.4, 0.5) is 0 Å². The second-order valence-electron chi connectivity index (χ2n) is 3.55. The number of carbonyl (C=O) groups excluding carboxylic acids is 1. The molecule has 0 fully saturated rings. The van der Waals surface area contributed by atoms with Crippen LogP contribution in [0.3, 0.4) is 0 Å². The van der Waals surface area contributed by atoms with E-state index >= 15 is 0 Å². The highest BCUT2D eigenvalue weighted by molar-refractivity contribution is 5.75. The van der Waals surface area contributed by atoms with E-state index in [0.717, 1.165) is 12.8 Å². The Morgan fingerprint density at radius 2 is 2.06 bits per heavy atom. The predicted octanol–water partition coefficient (Wildman–Crippen LogP) is 0.482. The number of hydrogen-bond acceptors (Lipinski definition) is 4. The summed E-state index contributed by atoms with van der Waals surface area (Å²) in [6.07, 6.45) is 1.62. The number of hydrogen-bond donors (Lipinski definition) is 2. The smallest absolute Gasteiger partial charge is 0.325 e. The average Bonchev–Trinajstić information content (AvgIpc) is 2.34. The standard InChI is InChI=1S/C12H17NO3/c13-11(9-14)12(15)16-8-4-7-10-5-2-1-3-6-10/h1-3,5-6,11,14H,4,7-9,13H2/t11-/m1/s1. The highest BCUT2D eigenvalue weighted by Crippen LogP contribution is 2.02. The van der Waals surface area contributed by atoms with Crippen LogP contribution in [0.2, 0.25) is 0 Å². The molecule has 1 atom stereocenters. The monoisotopic (exact) mass is 223 g/mol. The van der Waals surface area contributed by atoms with Crippen LogP contribution in [0.5, 0.6) is 0 Å². The number of esters is 1. The van der Waals surface area contributed by atoms with E-state index in [2.05, 4.69) is 0 Å². The molecule has 1 rings (SSSR count). The molecule has 1 aromatic rings. The van der Waals surface area contributed by atoms with Crippen molar-refractivity contribution in [2.45, 2.75) is 18.9 Å². The summed E-state index contributed by atoms with van der Waals surface area (Å²) >= 11 is 0. The van der Waals surface area contributed by atoms with E-state index in [1.165, 1.54) is 5.56 Å². The molecule has 0 amide bonds. The average molecular weight is 223 g/mol. The van der Waals surface area contributed by atoms with Gasteiger partial charge in [0.1, 0.15) is 6.04 Å². The molecule has 4 heteroatoms. The minimum Gasteiger partial charge on any atom is -0.464 e. The molecule has 0 aliphatic heterocycles. The van der Waals surface area contributed by atoms with Gasteiger partial charge in [-0.25, -0.2) is 0 Å². The highest BCUT2D eigenvalue weighted by Gasteiger charge is 2.12. The van der Waals surface area contributed by atoms with Gasteiger partial charge in [0.05, 0.1) is 13.2 Å². The lowest BCUT2D eigenvalue weighted by atomic mass is 10.1. The number of benzene rings is 1. The molecule has 0 heterocycles. The van der Waals surface area contributed by atoms with E-state index in [-0.39, 0.29) is 6.61 Å². The fourth-order valence-electron chi connectivity index (χ4n) is 1.28. The SMILES string of the molecule is N[C@H](CO)C(=O)OCCCc1ccccc1. The van der Waals surface area contributed by atoms with Crippen molar-refractivity contribution in [2.24, 2.45) is 5.73 Å². The molecule has 0 aromatic heterocycles. The summed E-state index contributed by atoms with van der Waals surface area (Å²) in [6.45, 7) is -0.0427. The van der Waals surface area contributed by atoms with E-state index in [1.807, 2.05) is 30.3 Å². The summed E-state index contributed by atoms with van der Waals surface area (Å²) in [5.74, 6) is -0.546. The van der Waals surface area contributed by atoms with Crippen molar-refractivity contribution < 1.29 is 14.6 Å². The molecule has 0 aliphatic rings. The van der Waals surface area contributed by atoms with Crippen molar-refractivity contribution in [3.63, 3.8) is 0 Å². The van der Waals surface area contributed by atoms with Crippen LogP contribution in [0.1, 0.15) is 12.0 Å². The van der Waals surface area contributed by atoms with E-state index in [4.69, 9.17) is 15.6 Å². The Labute approximate surface area is 95.0 Å². The third-order valence-electron chi connectivity index (χ3n) is 2.20. The summed E-state index contributed by atoms with van der Waals surface area (Å²) in [6, 6.07) is 9.05. The molecule has 4 nitrogen and oxygen atoms in total. The fourth-order valence-corrected chi connectivity index (χ4v) is 1.28. The van der Waals surface area contributed by atoms with Gasteiger partial charge in [-0.05, 0) is 18.4 Å². The first-order valence-electron chi connectivity index (χ1n) is 5.31. The lowest BCUT2D eigenvalue weighted by Gasteiger charge is -2.08. The molecule has 0 unspecified atom stereocenters. The van der Waals surface area contributed by atoms with E-state index in [0.29, 0.717) is 6.61 Å². The maximum Gasteiger partial charge on any atom is 0.325 e. The molecule has 0 bridgehead atoms. The molecule has 16 heavy (non-hydrogen) atoms. The van der Waals surface area contributed by atoms with Crippen molar-refractivity contribution >= 4 is 5.97 Å². The van der Waals surface area contributed by atoms with Crippen LogP contribution in [-0.4, -0.2) is 30.3 Å². The van der Waals surface area contributed by atoms with Gasteiger partial charge in [0.2, 0.25) is 0 Å². The lowest BCUT2D eigenvalue weighted by Crippen LogP contribution is -2.35. The number of aliphatic hydroxyl groups is 1. The Kier molecular flexibility index (Phi) is 5.53. The van der Waals surface area contributed by atoms with Crippen molar-refractivity contribution in [2.75, 3.05) is 13.2 Å². The summed E-state index contributed by atoms with van der Waals surface area (Å²) in [4.78, 5) is 11.1. The van der Waals surface area contributed by atoms with E-state index in [1.54, 1.807) is 0 Å². The Morgan fingerprint density at radius 3 is 2.69 bits per heavy atom. The summed E-state index contributed by atoms with van der Waals surface area (Å²) in [5, 5.41) is 8.61. The molecule has 0 aliphatic carbocycles. The number of carbonyl (C=O) groups is 1. The van der Waals surface area contributed by atoms with Crippen LogP contribution >= 0.6 is 0 Å². The van der Waals surface area contributed by atoms with E-state index in [9.17, 15) is 4.79 Å². The first kappa shape index (κ1) is 12.7. The maximum absolute atomic E-state index is 11.1. The fraction of sp³-hybridized carbons (Fsp3) is 0.417. The van der Waals surface area contributed by atoms with Gasteiger partial charge < -0.3 is 15.6 Å². The zero-order valence-electron chi connectivity index (χ0n) is 9.13. The minimum absolute atomic E-state index is 0.335. The Balaban J connectivity index is 2.15. The molecule has 0 saturated heterocycles. The Hall–Kier alpha value is -1.39. The predicted molar refractivity (Wildman–Crippen MR) is 60.8 cm³/mol. The number of nitrogens with two attached hydrogens (primary N) is 1. The van der Waals surface area contributed by atoms with Gasteiger partial charge in [0.25, 0.3) is 0 Å². The quantitative estimate of drug-likeness (QED) is 0.543. The van der Waals surface area contributed by atoms with Crippen LogP contribution in [0, 0.1) is 0 Å². The normalized spacial score (nSPS) is 12.1. The topological polar surface area (TPSA) is 72.5 Å². The highest BCUT2D eigenvalue weighted by atomic mass is 16.5. The van der Waals surface area contributed by atoms with Crippen LogP contribution in [-0.2, 0) is 16.0 Å². The van der Waals surface area contributed by atoms with Gasteiger partial charge in [-0.1, -0.05) is 30.3 Å². The van der Waals surface area contributed by atoms with Crippen molar-refractivity contribution in [1.82, 2.24) is 0 Å². The third kappa shape index (κ3) is 4.42. The van der Waals surface area contributed by atoms with Gasteiger partial charge in [-0.15, -0.1) is 0 Å². The first-order valence-corrected chi connectivity index (χ1v) is 5.31. The first-order chi connectivity index (χ1) is 7.74. The van der Waals surface area contributed by atoms with Crippen LogP contribution < -0.4 is 5.73 Å². The summed E-state index contributed by atoms with van der Waals surface area (Å²) in [5.41, 5.74) is 6.50. The second kappa shape index (κ2) is 6.98. The molecule has 1 aromatic carbocycles. The molecule has 0 radical (unpaired) electrons. The summed E-state index contributed by atoms with van der Waals surface area (Å²) < 4.78 is 4.89. The van der Waals surface area contributed by atoms with Gasteiger partial charge in [-0.3, -0.25) is 4.79 Å². The largest absolute Gasteiger partial charge is 0.464 e. The Morgan fingerprint density at radius 1 is 1.38 bits per heavy atom. The van der Waals surface area contributed by atoms with Crippen molar-refractivity contribution in [3.05, 3.63) is 35.9 Å². The molecule has 0 spiro atoms. The lowest BCUT2D eigenvalue weighted by molar-refractivity contribution is -0.146. The second-order valence-corrected chi connectivity index (χ2v) is 3.55. The molecular weight excluding hydrogens is 206 g/mol. The molecule has 0 saturated carbocycles. The van der Waals surface area contributed by atoms with Crippen molar-refractivity contribution in [3.8, 4) is 0 Å². The number of ether oxygens (including phenoxy) is 1. The van der Waals surface area contributed by atoms with Crippen LogP contribution in [0.25, 0.3) is 0 Å². The molecule has 3 N–H and O–H groups in total. The van der Waals surface area contributed by atoms with Gasteiger partial charge in [0.15, 0.2) is 0 Å². The Bertz CT molecular complexity index is 313. The van der Waals surface area contributed by atoms with Gasteiger partial charge in [0, 0.05) is 0 Å². The van der Waals surface area contributed by atoms with Gasteiger partial charge in [-0.2, -0.15) is 0 Å². The zero-order chi connectivity index (χ0) is 11.8. The zero-order valence-corrected chi connectivity index (χ0v) is 9.13. The number of aliphatic hydroxyl groups excluding tert-OH is 1. The van der Waals surface area contributed by atoms with Gasteiger partial charge >= 0.3 is 5.97 Å². The maximum atomic E-state index is 11.1. The minimum atomic E-state index is -0.920. The summed E-state index contributed by atoms with van der Waals surface area (Å²) in [7, 11) is 0. The van der Waals surface area contributed by atoms with Crippen LogP contribution in [0.15, 0.2) is 30.3 Å². The third-order valence-corrected chi connectivity index (χ3v) is 2.20. The molecule has 88 valence electrons. The molecular formula is C12H17NO3. The number of rotatable bonds is 6. The van der Waals surface area contributed by atoms with Crippen molar-refractivity contribution in [1.29, 1.82) is 0 Å².